The van der Waals surface area contributed by atoms with Crippen LogP contribution in [0.1, 0.15) is 12.5 Å². The van der Waals surface area contributed by atoms with Gasteiger partial charge in [-0.1, -0.05) is 24.8 Å². The molecule has 0 bridgehead atoms. The van der Waals surface area contributed by atoms with Crippen molar-refractivity contribution >= 4 is 29.3 Å². The maximum Gasteiger partial charge on any atom is 0.159 e. The molecule has 8 heteroatoms. The van der Waals surface area contributed by atoms with E-state index >= 15 is 0 Å². The zero-order valence-corrected chi connectivity index (χ0v) is 17.6. The standard InChI is InChI=1S/C24H20FN7/c1-14(17-10-27-32(3)13-17)7-8-20-15(2)22(31-30-20)24-28-21-12-26-11-19(23(21)29-24)16-5-4-6-18(25)9-16/h4-13,30H,2H2,1,3H3,(H,28,29)/b14-7+,20-8+. The van der Waals surface area contributed by atoms with Crippen LogP contribution in [0.4, 0.5) is 4.39 Å². The Morgan fingerprint density at radius 1 is 1.22 bits per heavy atom. The topological polar surface area (TPSA) is 88.1 Å². The minimum absolute atomic E-state index is 0.308. The number of allylic oxidation sites excluding steroid dienone is 2. The lowest BCUT2D eigenvalue weighted by molar-refractivity contribution is 0.628. The lowest BCUT2D eigenvalue weighted by Crippen LogP contribution is -2.21. The number of nitrogens with zero attached hydrogens (tertiary/aromatic N) is 5. The highest BCUT2D eigenvalue weighted by Crippen LogP contribution is 2.28. The fourth-order valence-corrected chi connectivity index (χ4v) is 3.55. The first-order valence-corrected chi connectivity index (χ1v) is 10.0. The molecule has 1 aromatic carbocycles. The van der Waals surface area contributed by atoms with Crippen molar-refractivity contribution in [1.29, 1.82) is 0 Å². The Bertz CT molecular complexity index is 1590. The Balaban J connectivity index is 1.55. The van der Waals surface area contributed by atoms with Gasteiger partial charge >= 0.3 is 0 Å². The van der Waals surface area contributed by atoms with E-state index in [1.165, 1.54) is 12.1 Å². The summed E-state index contributed by atoms with van der Waals surface area (Å²) in [5.74, 6) is 0.261. The fourth-order valence-electron chi connectivity index (χ4n) is 3.55. The van der Waals surface area contributed by atoms with Gasteiger partial charge in [0.1, 0.15) is 11.5 Å². The van der Waals surface area contributed by atoms with E-state index in [1.54, 1.807) is 23.1 Å². The van der Waals surface area contributed by atoms with Crippen molar-refractivity contribution in [1.82, 2.24) is 34.9 Å². The first-order valence-electron chi connectivity index (χ1n) is 10.0. The van der Waals surface area contributed by atoms with Crippen LogP contribution in [-0.4, -0.2) is 34.9 Å². The van der Waals surface area contributed by atoms with Gasteiger partial charge in [-0.3, -0.25) is 14.8 Å². The monoisotopic (exact) mass is 425 g/mol. The number of hydrogen-bond acceptors (Lipinski definition) is 4. The summed E-state index contributed by atoms with van der Waals surface area (Å²) >= 11 is 0. The van der Waals surface area contributed by atoms with E-state index in [9.17, 15) is 4.39 Å². The summed E-state index contributed by atoms with van der Waals surface area (Å²) in [7, 11) is 1.89. The van der Waals surface area contributed by atoms with Crippen LogP contribution >= 0.6 is 0 Å². The largest absolute Gasteiger partial charge is 0.335 e. The first kappa shape index (κ1) is 19.6. The Kier molecular flexibility index (Phi) is 4.74. The molecule has 158 valence electrons. The molecular formula is C24H20FN7. The molecule has 0 unspecified atom stereocenters. The van der Waals surface area contributed by atoms with Gasteiger partial charge in [0.05, 0.1) is 28.8 Å². The van der Waals surface area contributed by atoms with Crippen LogP contribution in [0.5, 0.6) is 0 Å². The fraction of sp³-hybridized carbons (Fsp3) is 0.0833. The van der Waals surface area contributed by atoms with E-state index in [4.69, 9.17) is 4.98 Å². The maximum absolute atomic E-state index is 13.7. The van der Waals surface area contributed by atoms with Gasteiger partial charge in [-0.15, -0.1) is 0 Å². The SMILES string of the molecule is C=c1c(-c2nc3c(-c4cccc(F)c4)cncc3[nH]2)n[nH]/c1=C/C=C(\C)c1cnn(C)c1. The van der Waals surface area contributed by atoms with Crippen molar-refractivity contribution in [3.63, 3.8) is 0 Å². The second kappa shape index (κ2) is 7.73. The summed E-state index contributed by atoms with van der Waals surface area (Å²) in [6, 6.07) is 6.38. The van der Waals surface area contributed by atoms with Gasteiger partial charge < -0.3 is 4.98 Å². The van der Waals surface area contributed by atoms with Gasteiger partial charge in [-0.25, -0.2) is 9.37 Å². The van der Waals surface area contributed by atoms with Crippen molar-refractivity contribution < 1.29 is 4.39 Å². The molecule has 32 heavy (non-hydrogen) atoms. The van der Waals surface area contributed by atoms with Crippen molar-refractivity contribution in [3.8, 4) is 22.6 Å². The highest BCUT2D eigenvalue weighted by molar-refractivity contribution is 5.92. The van der Waals surface area contributed by atoms with Crippen LogP contribution < -0.4 is 10.6 Å². The number of aryl methyl sites for hydroxylation is 1. The van der Waals surface area contributed by atoms with Crippen LogP contribution in [0, 0.1) is 5.82 Å². The van der Waals surface area contributed by atoms with Gasteiger partial charge in [-0.05, 0) is 36.3 Å². The van der Waals surface area contributed by atoms with E-state index < -0.39 is 0 Å². The Morgan fingerprint density at radius 3 is 2.88 bits per heavy atom. The molecule has 5 rings (SSSR count). The van der Waals surface area contributed by atoms with Gasteiger partial charge in [0.2, 0.25) is 0 Å². The number of rotatable bonds is 4. The minimum atomic E-state index is -0.308. The van der Waals surface area contributed by atoms with Crippen LogP contribution in [0.15, 0.2) is 55.1 Å². The molecule has 0 aliphatic carbocycles. The summed E-state index contributed by atoms with van der Waals surface area (Å²) in [6.07, 6.45) is 11.1. The molecular weight excluding hydrogens is 405 g/mol. The van der Waals surface area contributed by atoms with E-state index in [-0.39, 0.29) is 5.82 Å². The highest BCUT2D eigenvalue weighted by atomic mass is 19.1. The van der Waals surface area contributed by atoms with E-state index in [1.807, 2.05) is 44.6 Å². The highest BCUT2D eigenvalue weighted by Gasteiger charge is 2.14. The number of benzene rings is 1. The zero-order valence-electron chi connectivity index (χ0n) is 17.6. The van der Waals surface area contributed by atoms with E-state index in [0.29, 0.717) is 22.6 Å². The third-order valence-electron chi connectivity index (χ3n) is 5.31. The number of aromatic amines is 2. The molecule has 0 atom stereocenters. The first-order chi connectivity index (χ1) is 15.5. The maximum atomic E-state index is 13.7. The summed E-state index contributed by atoms with van der Waals surface area (Å²) < 4.78 is 15.5. The second-order valence-corrected chi connectivity index (χ2v) is 7.56. The number of H-pyrrole nitrogens is 2. The van der Waals surface area contributed by atoms with Crippen LogP contribution in [-0.2, 0) is 7.05 Å². The lowest BCUT2D eigenvalue weighted by Gasteiger charge is -2.01. The normalized spacial score (nSPS) is 12.7. The minimum Gasteiger partial charge on any atom is -0.335 e. The van der Waals surface area contributed by atoms with E-state index in [0.717, 1.165) is 32.8 Å². The predicted molar refractivity (Wildman–Crippen MR) is 123 cm³/mol. The predicted octanol–water partition coefficient (Wildman–Crippen LogP) is 3.18. The molecule has 0 saturated carbocycles. The van der Waals surface area contributed by atoms with Gasteiger partial charge in [0, 0.05) is 35.8 Å². The average Bonchev–Trinajstić information content (AvgIpc) is 3.50. The molecule has 0 radical (unpaired) electrons. The lowest BCUT2D eigenvalue weighted by atomic mass is 10.1. The third kappa shape index (κ3) is 3.51. The van der Waals surface area contributed by atoms with Crippen LogP contribution in [0.25, 0.3) is 51.9 Å². The summed E-state index contributed by atoms with van der Waals surface area (Å²) in [4.78, 5) is 12.3. The zero-order chi connectivity index (χ0) is 22.2. The van der Waals surface area contributed by atoms with Gasteiger partial charge in [0.15, 0.2) is 5.82 Å². The molecule has 4 heterocycles. The Hall–Kier alpha value is -4.33. The number of pyridine rings is 1. The number of fused-ring (bicyclic) bond motifs is 1. The Morgan fingerprint density at radius 2 is 2.09 bits per heavy atom. The molecule has 0 saturated heterocycles. The number of imidazole rings is 1. The summed E-state index contributed by atoms with van der Waals surface area (Å²) in [6.45, 7) is 6.20. The molecule has 0 aliphatic heterocycles. The van der Waals surface area contributed by atoms with Gasteiger partial charge in [0.25, 0.3) is 0 Å². The number of aromatic nitrogens is 7. The molecule has 2 N–H and O–H groups in total. The molecule has 0 fully saturated rings. The van der Waals surface area contributed by atoms with Crippen molar-refractivity contribution in [2.24, 2.45) is 7.05 Å². The smallest absolute Gasteiger partial charge is 0.159 e. The number of hydrogen-bond donors (Lipinski definition) is 2. The van der Waals surface area contributed by atoms with Crippen molar-refractivity contribution in [3.05, 3.63) is 77.1 Å². The van der Waals surface area contributed by atoms with Crippen molar-refractivity contribution in [2.45, 2.75) is 6.92 Å². The molecule has 0 spiro atoms. The summed E-state index contributed by atoms with van der Waals surface area (Å²) in [5, 5.41) is 13.1. The molecule has 7 nitrogen and oxygen atoms in total. The molecule has 0 aliphatic rings. The number of halogens is 1. The Labute approximate surface area is 182 Å². The third-order valence-corrected chi connectivity index (χ3v) is 5.31. The van der Waals surface area contributed by atoms with Crippen molar-refractivity contribution in [2.75, 3.05) is 0 Å². The van der Waals surface area contributed by atoms with Crippen LogP contribution in [0.2, 0.25) is 0 Å². The van der Waals surface area contributed by atoms with Gasteiger partial charge in [-0.2, -0.15) is 10.2 Å². The van der Waals surface area contributed by atoms with E-state index in [2.05, 4.69) is 31.8 Å². The van der Waals surface area contributed by atoms with Crippen LogP contribution in [0.3, 0.4) is 0 Å². The molecule has 4 aromatic heterocycles. The molecule has 5 aromatic rings. The number of nitrogens with one attached hydrogen (secondary N) is 2. The molecule has 0 amide bonds. The summed E-state index contributed by atoms with van der Waals surface area (Å²) in [5.41, 5.74) is 5.62. The second-order valence-electron chi connectivity index (χ2n) is 7.56. The average molecular weight is 425 g/mol. The quantitative estimate of drug-likeness (QED) is 0.463.